The Morgan fingerprint density at radius 1 is 1.35 bits per heavy atom. The molecule has 3 nitrogen and oxygen atoms in total. The summed E-state index contributed by atoms with van der Waals surface area (Å²) in [5.74, 6) is 0.950. The van der Waals surface area contributed by atoms with Crippen LogP contribution >= 0.6 is 0 Å². The van der Waals surface area contributed by atoms with E-state index < -0.39 is 0 Å². The minimum absolute atomic E-state index is 0.314. The van der Waals surface area contributed by atoms with E-state index in [0.717, 1.165) is 29.4 Å². The molecule has 0 amide bonds. The SMILES string of the molecule is C/C=C1\C[N+]2(C)[C@H]3C[C@H]1C(CO)[C@@H]2Cc1c3[n-]c2ccccc12. The van der Waals surface area contributed by atoms with Gasteiger partial charge >= 0.3 is 0 Å². The maximum absolute atomic E-state index is 10.1. The van der Waals surface area contributed by atoms with E-state index >= 15 is 0 Å². The number of hydrogen-bond acceptors (Lipinski definition) is 1. The molecule has 6 rings (SSSR count). The zero-order chi connectivity index (χ0) is 15.8. The van der Waals surface area contributed by atoms with Crippen LogP contribution in [0.25, 0.3) is 10.9 Å². The van der Waals surface area contributed by atoms with Crippen molar-refractivity contribution < 1.29 is 9.59 Å². The number of hydrogen-bond donors (Lipinski definition) is 1. The van der Waals surface area contributed by atoms with Gasteiger partial charge in [-0.3, -0.25) is 0 Å². The van der Waals surface area contributed by atoms with Crippen molar-refractivity contribution in [2.24, 2.45) is 11.8 Å². The number of aliphatic hydroxyl groups excluding tert-OH is 1. The molecule has 0 saturated carbocycles. The van der Waals surface area contributed by atoms with Crippen molar-refractivity contribution in [2.45, 2.75) is 31.8 Å². The van der Waals surface area contributed by atoms with E-state index in [2.05, 4.69) is 44.3 Å². The Morgan fingerprint density at radius 3 is 2.96 bits per heavy atom. The molecule has 4 aliphatic rings. The number of aliphatic hydroxyl groups is 1. The molecule has 3 heteroatoms. The molecule has 3 fully saturated rings. The van der Waals surface area contributed by atoms with Crippen molar-refractivity contribution in [1.29, 1.82) is 0 Å². The number of para-hydroxylation sites is 1. The standard InChI is InChI=1S/C20H24N2O/c1-3-12-10-22(2)18-9-15-13-6-4-5-7-17(13)21-20(15)19(22)8-14(12)16(18)11-23/h3-7,14,16,18-19,23H,8-11H2,1-2H3/b12-3+/t14-,16?,18+,19+,22?/m1/s1. The van der Waals surface area contributed by atoms with Crippen molar-refractivity contribution in [3.05, 3.63) is 47.2 Å². The number of fused-ring (bicyclic) bond motifs is 4. The van der Waals surface area contributed by atoms with Gasteiger partial charge < -0.3 is 14.6 Å². The van der Waals surface area contributed by atoms with Gasteiger partial charge in [0.2, 0.25) is 0 Å². The Kier molecular flexibility index (Phi) is 2.70. The summed E-state index contributed by atoms with van der Waals surface area (Å²) in [6, 6.07) is 9.62. The third kappa shape index (κ3) is 1.57. The number of rotatable bonds is 1. The Hall–Kier alpha value is -1.58. The van der Waals surface area contributed by atoms with Gasteiger partial charge in [0, 0.05) is 24.7 Å². The lowest BCUT2D eigenvalue weighted by Crippen LogP contribution is -2.70. The van der Waals surface area contributed by atoms with E-state index in [9.17, 15) is 5.11 Å². The number of allylic oxidation sites excluding steroid dienone is 1. The zero-order valence-electron chi connectivity index (χ0n) is 13.9. The highest BCUT2D eigenvalue weighted by atomic mass is 16.3. The maximum Gasteiger partial charge on any atom is 0.101 e. The molecule has 4 bridgehead atoms. The Morgan fingerprint density at radius 2 is 2.17 bits per heavy atom. The van der Waals surface area contributed by atoms with Crippen LogP contribution in [0.2, 0.25) is 0 Å². The molecule has 5 atom stereocenters. The minimum Gasteiger partial charge on any atom is -0.656 e. The summed E-state index contributed by atoms with van der Waals surface area (Å²) in [5.41, 5.74) is 5.52. The first-order chi connectivity index (χ1) is 11.2. The van der Waals surface area contributed by atoms with Crippen LogP contribution in [0.4, 0.5) is 0 Å². The quantitative estimate of drug-likeness (QED) is 0.649. The third-order valence-electron chi connectivity index (χ3n) is 7.05. The molecule has 5 heterocycles. The molecule has 0 aliphatic carbocycles. The summed E-state index contributed by atoms with van der Waals surface area (Å²) in [5, 5.41) is 11.5. The Bertz CT molecular complexity index is 820. The molecular weight excluding hydrogens is 284 g/mol. The Labute approximate surface area is 137 Å². The van der Waals surface area contributed by atoms with E-state index in [1.165, 1.54) is 16.6 Å². The fourth-order valence-electron chi connectivity index (χ4n) is 5.92. The first-order valence-electron chi connectivity index (χ1n) is 8.82. The second kappa shape index (κ2) is 4.49. The van der Waals surface area contributed by atoms with Gasteiger partial charge in [-0.15, -0.1) is 5.52 Å². The average molecular weight is 308 g/mol. The number of aromatic nitrogens is 1. The summed E-state index contributed by atoms with van der Waals surface area (Å²) < 4.78 is 1.05. The van der Waals surface area contributed by atoms with Crippen LogP contribution in [-0.2, 0) is 6.42 Å². The van der Waals surface area contributed by atoms with Gasteiger partial charge in [0.05, 0.1) is 25.7 Å². The van der Waals surface area contributed by atoms with Gasteiger partial charge in [-0.2, -0.15) is 0 Å². The van der Waals surface area contributed by atoms with Crippen molar-refractivity contribution in [3.63, 3.8) is 0 Å². The number of nitrogens with zero attached hydrogens (tertiary/aromatic N) is 2. The van der Waals surface area contributed by atoms with Gasteiger partial charge in [-0.1, -0.05) is 36.0 Å². The van der Waals surface area contributed by atoms with Crippen LogP contribution in [-0.4, -0.2) is 35.8 Å². The summed E-state index contributed by atoms with van der Waals surface area (Å²) in [4.78, 5) is 5.04. The molecule has 120 valence electrons. The van der Waals surface area contributed by atoms with Crippen LogP contribution in [0, 0.1) is 11.8 Å². The molecule has 1 aromatic carbocycles. The highest BCUT2D eigenvalue weighted by molar-refractivity contribution is 5.85. The van der Waals surface area contributed by atoms with E-state index in [4.69, 9.17) is 4.98 Å². The molecule has 23 heavy (non-hydrogen) atoms. The predicted octanol–water partition coefficient (Wildman–Crippen LogP) is 2.80. The first-order valence-corrected chi connectivity index (χ1v) is 8.82. The molecule has 1 aromatic heterocycles. The molecule has 2 aromatic rings. The van der Waals surface area contributed by atoms with Crippen molar-refractivity contribution in [3.8, 4) is 0 Å². The second-order valence-corrected chi connectivity index (χ2v) is 7.84. The van der Waals surface area contributed by atoms with Crippen molar-refractivity contribution in [1.82, 2.24) is 4.98 Å². The van der Waals surface area contributed by atoms with Crippen LogP contribution < -0.4 is 4.98 Å². The monoisotopic (exact) mass is 308 g/mol. The van der Waals surface area contributed by atoms with E-state index in [0.29, 0.717) is 30.5 Å². The molecular formula is C20H24N2O. The molecule has 2 unspecified atom stereocenters. The third-order valence-corrected chi connectivity index (χ3v) is 7.05. The summed E-state index contributed by atoms with van der Waals surface area (Å²) in [6.45, 7) is 3.61. The summed E-state index contributed by atoms with van der Waals surface area (Å²) >= 11 is 0. The predicted molar refractivity (Wildman–Crippen MR) is 91.0 cm³/mol. The van der Waals surface area contributed by atoms with Gasteiger partial charge in [-0.05, 0) is 23.4 Å². The normalized spacial score (nSPS) is 39.9. The number of likely N-dealkylation sites (N-methyl/N-ethyl adjacent to an activating group) is 1. The second-order valence-electron chi connectivity index (χ2n) is 7.84. The zero-order valence-corrected chi connectivity index (χ0v) is 13.9. The minimum atomic E-state index is 0.314. The van der Waals surface area contributed by atoms with E-state index in [1.54, 1.807) is 5.57 Å². The smallest absolute Gasteiger partial charge is 0.101 e. The van der Waals surface area contributed by atoms with Gasteiger partial charge in [0.15, 0.2) is 0 Å². The molecule has 4 aliphatic heterocycles. The largest absolute Gasteiger partial charge is 0.656 e. The highest BCUT2D eigenvalue weighted by Crippen LogP contribution is 2.57. The van der Waals surface area contributed by atoms with Gasteiger partial charge in [-0.25, -0.2) is 0 Å². The molecule has 3 saturated heterocycles. The topological polar surface area (TPSA) is 34.3 Å². The van der Waals surface area contributed by atoms with E-state index in [-0.39, 0.29) is 0 Å². The fourth-order valence-corrected chi connectivity index (χ4v) is 5.92. The lowest BCUT2D eigenvalue weighted by Gasteiger charge is -2.64. The first kappa shape index (κ1) is 13.8. The van der Waals surface area contributed by atoms with Crippen molar-refractivity contribution in [2.75, 3.05) is 20.2 Å². The lowest BCUT2D eigenvalue weighted by atomic mass is 9.62. The number of piperidine rings is 3. The van der Waals surface area contributed by atoms with Gasteiger partial charge in [0.1, 0.15) is 6.54 Å². The van der Waals surface area contributed by atoms with Crippen LogP contribution in [0.1, 0.15) is 30.6 Å². The molecule has 0 radical (unpaired) electrons. The van der Waals surface area contributed by atoms with E-state index in [1.807, 2.05) is 0 Å². The highest BCUT2D eigenvalue weighted by Gasteiger charge is 2.59. The number of quaternary nitrogens is 1. The average Bonchev–Trinajstić information content (AvgIpc) is 2.92. The summed E-state index contributed by atoms with van der Waals surface area (Å²) in [7, 11) is 2.40. The van der Waals surface area contributed by atoms with Crippen molar-refractivity contribution >= 4 is 10.9 Å². The lowest BCUT2D eigenvalue weighted by molar-refractivity contribution is -0.978. The number of benzene rings is 1. The summed E-state index contributed by atoms with van der Waals surface area (Å²) in [6.07, 6.45) is 4.52. The fraction of sp³-hybridized carbons (Fsp3) is 0.500. The van der Waals surface area contributed by atoms with Gasteiger partial charge in [0.25, 0.3) is 0 Å². The molecule has 1 N–H and O–H groups in total. The van der Waals surface area contributed by atoms with Crippen LogP contribution in [0.3, 0.4) is 0 Å². The molecule has 0 spiro atoms. The Balaban J connectivity index is 1.73. The van der Waals surface area contributed by atoms with Crippen LogP contribution in [0.15, 0.2) is 35.9 Å². The maximum atomic E-state index is 10.1. The van der Waals surface area contributed by atoms with Crippen LogP contribution in [0.5, 0.6) is 0 Å².